The lowest BCUT2D eigenvalue weighted by Crippen LogP contribution is -1.93. The molecule has 19 heavy (non-hydrogen) atoms. The monoisotopic (exact) mass is 257 g/mol. The zero-order valence-corrected chi connectivity index (χ0v) is 9.97. The fourth-order valence-electron chi connectivity index (χ4n) is 1.51. The summed E-state index contributed by atoms with van der Waals surface area (Å²) in [6.07, 6.45) is 0. The zero-order chi connectivity index (χ0) is 13.7. The van der Waals surface area contributed by atoms with Crippen molar-refractivity contribution in [2.24, 2.45) is 5.11 Å². The number of nitro groups is 1. The Balaban J connectivity index is 2.08. The van der Waals surface area contributed by atoms with Gasteiger partial charge in [0.05, 0.1) is 4.92 Å². The van der Waals surface area contributed by atoms with E-state index in [9.17, 15) is 15.3 Å². The summed E-state index contributed by atoms with van der Waals surface area (Å²) in [4.78, 5) is 10.6. The minimum absolute atomic E-state index is 0.0192. The summed E-state index contributed by atoms with van der Waals surface area (Å²) in [7, 11) is 0. The van der Waals surface area contributed by atoms with Gasteiger partial charge in [0.2, 0.25) is 5.69 Å². The first kappa shape index (κ1) is 12.7. The van der Waals surface area contributed by atoms with Crippen molar-refractivity contribution in [1.29, 1.82) is 0 Å². The maximum atomic E-state index is 11.6. The van der Waals surface area contributed by atoms with Crippen LogP contribution in [0.15, 0.2) is 59.7 Å². The number of hydrogen-bond acceptors (Lipinski definition) is 4. The van der Waals surface area contributed by atoms with Crippen LogP contribution < -0.4 is 0 Å². The van der Waals surface area contributed by atoms with Crippen LogP contribution in [0.5, 0.6) is 0 Å². The molecular weight excluding hydrogens is 246 g/mol. The van der Waals surface area contributed by atoms with E-state index in [-0.39, 0.29) is 12.2 Å². The maximum Gasteiger partial charge on any atom is 0.269 e. The molecule has 0 spiro atoms. The molecule has 6 heteroatoms. The number of rotatable bonds is 4. The van der Waals surface area contributed by atoms with Crippen molar-refractivity contribution in [3.05, 3.63) is 75.5 Å². The Labute approximate surface area is 109 Å². The SMILES string of the molecule is O=[N+]([O-])c1ccc(CN=[N+]([O-])c2ccccc2)cc1. The molecule has 2 aromatic carbocycles. The summed E-state index contributed by atoms with van der Waals surface area (Å²) >= 11 is 0. The van der Waals surface area contributed by atoms with Gasteiger partial charge in [-0.05, 0) is 10.7 Å². The minimum Gasteiger partial charge on any atom is -0.594 e. The Kier molecular flexibility index (Phi) is 3.82. The van der Waals surface area contributed by atoms with Crippen molar-refractivity contribution in [3.8, 4) is 0 Å². The minimum atomic E-state index is -0.467. The first-order chi connectivity index (χ1) is 9.16. The van der Waals surface area contributed by atoms with Crippen LogP contribution in [-0.2, 0) is 6.54 Å². The van der Waals surface area contributed by atoms with Crippen molar-refractivity contribution in [3.63, 3.8) is 0 Å². The number of nitro benzene ring substituents is 1. The van der Waals surface area contributed by atoms with Gasteiger partial charge in [-0.2, -0.15) is 0 Å². The Morgan fingerprint density at radius 2 is 1.53 bits per heavy atom. The molecule has 0 heterocycles. The van der Waals surface area contributed by atoms with Crippen LogP contribution in [0.3, 0.4) is 0 Å². The summed E-state index contributed by atoms with van der Waals surface area (Å²) in [5.41, 5.74) is 1.21. The van der Waals surface area contributed by atoms with E-state index in [0.717, 1.165) is 5.56 Å². The average Bonchev–Trinajstić information content (AvgIpc) is 2.46. The third kappa shape index (κ3) is 3.35. The number of azo groups is 1. The molecule has 0 unspecified atom stereocenters. The van der Waals surface area contributed by atoms with Gasteiger partial charge in [-0.3, -0.25) is 10.1 Å². The van der Waals surface area contributed by atoms with Crippen LogP contribution in [0.4, 0.5) is 11.4 Å². The molecule has 0 fully saturated rings. The summed E-state index contributed by atoms with van der Waals surface area (Å²) in [5.74, 6) is 0. The molecule has 0 saturated heterocycles. The molecule has 96 valence electrons. The molecule has 6 nitrogen and oxygen atoms in total. The molecular formula is C13H11N3O3. The molecule has 0 radical (unpaired) electrons. The van der Waals surface area contributed by atoms with Crippen molar-refractivity contribution in [2.45, 2.75) is 6.54 Å². The number of non-ortho nitro benzene ring substituents is 1. The van der Waals surface area contributed by atoms with Gasteiger partial charge in [0.1, 0.15) is 6.54 Å². The van der Waals surface area contributed by atoms with Gasteiger partial charge in [-0.15, -0.1) is 0 Å². The summed E-state index contributed by atoms with van der Waals surface area (Å²) < 4.78 is 0. The number of benzene rings is 2. The highest BCUT2D eigenvalue weighted by Gasteiger charge is 2.05. The summed E-state index contributed by atoms with van der Waals surface area (Å²) in [6.45, 7) is 0.177. The van der Waals surface area contributed by atoms with E-state index in [1.165, 1.54) is 12.1 Å². The maximum absolute atomic E-state index is 11.6. The van der Waals surface area contributed by atoms with Gasteiger partial charge < -0.3 is 5.21 Å². The second kappa shape index (κ2) is 5.72. The van der Waals surface area contributed by atoms with E-state index >= 15 is 0 Å². The number of hydrogen-bond donors (Lipinski definition) is 0. The second-order valence-electron chi connectivity index (χ2n) is 3.83. The lowest BCUT2D eigenvalue weighted by atomic mass is 10.2. The summed E-state index contributed by atoms with van der Waals surface area (Å²) in [5, 5.41) is 26.0. The quantitative estimate of drug-likeness (QED) is 0.364. The largest absolute Gasteiger partial charge is 0.594 e. The van der Waals surface area contributed by atoms with Gasteiger partial charge in [-0.1, -0.05) is 35.2 Å². The molecule has 2 rings (SSSR count). The zero-order valence-electron chi connectivity index (χ0n) is 9.97. The first-order valence-corrected chi connectivity index (χ1v) is 5.60. The van der Waals surface area contributed by atoms with Gasteiger partial charge >= 0.3 is 0 Å². The molecule has 0 atom stereocenters. The van der Waals surface area contributed by atoms with E-state index in [4.69, 9.17) is 0 Å². The Bertz CT molecular complexity index is 594. The standard InChI is InChI=1S/C13H11N3O3/c17-15(12-4-2-1-3-5-12)14-10-11-6-8-13(9-7-11)16(18)19/h1-9H,10H2. The van der Waals surface area contributed by atoms with E-state index in [0.29, 0.717) is 10.5 Å². The normalized spacial score (nSPS) is 11.3. The highest BCUT2D eigenvalue weighted by atomic mass is 16.6. The molecule has 0 aliphatic heterocycles. The van der Waals surface area contributed by atoms with Crippen LogP contribution in [0.25, 0.3) is 0 Å². The second-order valence-corrected chi connectivity index (χ2v) is 3.83. The van der Waals surface area contributed by atoms with Gasteiger partial charge in [0.15, 0.2) is 0 Å². The van der Waals surface area contributed by atoms with Crippen molar-refractivity contribution in [1.82, 2.24) is 0 Å². The smallest absolute Gasteiger partial charge is 0.269 e. The van der Waals surface area contributed by atoms with Gasteiger partial charge in [-0.25, -0.2) is 0 Å². The Morgan fingerprint density at radius 1 is 0.895 bits per heavy atom. The van der Waals surface area contributed by atoms with Crippen LogP contribution in [0, 0.1) is 15.3 Å². The van der Waals surface area contributed by atoms with Crippen molar-refractivity contribution < 1.29 is 9.78 Å². The predicted molar refractivity (Wildman–Crippen MR) is 69.0 cm³/mol. The van der Waals surface area contributed by atoms with E-state index in [1.54, 1.807) is 36.4 Å². The molecule has 0 amide bonds. The van der Waals surface area contributed by atoms with Crippen LogP contribution in [-0.4, -0.2) is 9.78 Å². The first-order valence-electron chi connectivity index (χ1n) is 5.60. The predicted octanol–water partition coefficient (Wildman–Crippen LogP) is 3.39. The van der Waals surface area contributed by atoms with Crippen molar-refractivity contribution >= 4 is 11.4 Å². The highest BCUT2D eigenvalue weighted by molar-refractivity contribution is 5.32. The lowest BCUT2D eigenvalue weighted by Gasteiger charge is -1.99. The molecule has 0 aliphatic rings. The Hall–Kier alpha value is -2.76. The Morgan fingerprint density at radius 3 is 2.11 bits per heavy atom. The molecule has 0 aromatic heterocycles. The third-order valence-electron chi connectivity index (χ3n) is 2.51. The van der Waals surface area contributed by atoms with Gasteiger partial charge in [0, 0.05) is 24.3 Å². The molecule has 0 bridgehead atoms. The topological polar surface area (TPSA) is 81.6 Å². The van der Waals surface area contributed by atoms with Crippen LogP contribution in [0.2, 0.25) is 0 Å². The molecule has 2 aromatic rings. The highest BCUT2D eigenvalue weighted by Crippen LogP contribution is 2.14. The fraction of sp³-hybridized carbons (Fsp3) is 0.0769. The number of para-hydroxylation sites is 1. The average molecular weight is 257 g/mol. The van der Waals surface area contributed by atoms with Crippen LogP contribution >= 0.6 is 0 Å². The number of nitrogens with zero attached hydrogens (tertiary/aromatic N) is 3. The molecule has 0 saturated carbocycles. The fourth-order valence-corrected chi connectivity index (χ4v) is 1.51. The van der Waals surface area contributed by atoms with E-state index in [2.05, 4.69) is 5.11 Å². The summed E-state index contributed by atoms with van der Waals surface area (Å²) in [6, 6.07) is 14.6. The molecule has 0 N–H and O–H groups in total. The third-order valence-corrected chi connectivity index (χ3v) is 2.51. The van der Waals surface area contributed by atoms with Crippen LogP contribution in [0.1, 0.15) is 5.56 Å². The van der Waals surface area contributed by atoms with E-state index < -0.39 is 4.92 Å². The lowest BCUT2D eigenvalue weighted by molar-refractivity contribution is -0.443. The van der Waals surface area contributed by atoms with E-state index in [1.807, 2.05) is 6.07 Å². The van der Waals surface area contributed by atoms with Crippen molar-refractivity contribution in [2.75, 3.05) is 0 Å². The van der Waals surface area contributed by atoms with Gasteiger partial charge in [0.25, 0.3) is 5.69 Å². The molecule has 0 aliphatic carbocycles.